The fourth-order valence-corrected chi connectivity index (χ4v) is 3.78. The highest BCUT2D eigenvalue weighted by atomic mass is 16.5. The highest BCUT2D eigenvalue weighted by molar-refractivity contribution is 5.95. The van der Waals surface area contributed by atoms with E-state index in [-0.39, 0.29) is 22.9 Å². The Hall–Kier alpha value is -4.43. The molecular formula is C30H33N5O3. The van der Waals surface area contributed by atoms with E-state index in [4.69, 9.17) is 4.74 Å². The highest BCUT2D eigenvalue weighted by Crippen LogP contribution is 2.30. The average Bonchev–Trinajstić information content (AvgIpc) is 2.89. The number of nitrogens with one attached hydrogen (secondary N) is 2. The maximum atomic E-state index is 13.7. The quantitative estimate of drug-likeness (QED) is 0.329. The highest BCUT2D eigenvalue weighted by Gasteiger charge is 2.16. The number of hydrogen-bond acceptors (Lipinski definition) is 6. The standard InChI is InChI=1S/C30H33N5O3/c1-20-9-12-25(13-10-20)35-30(37)28(27(19-32-35)38-26-14-11-21(2)22(3)17-26)33-24-8-6-7-23(18-24)29(36)31-15-16-34(4)5/h6-14,17-19,33H,15-16H2,1-5H3,(H,31,36). The third-order valence-corrected chi connectivity index (χ3v) is 6.17. The SMILES string of the molecule is Cc1ccc(-n2ncc(Oc3ccc(C)c(C)c3)c(Nc3cccc(C(=O)NCCN(C)C)c3)c2=O)cc1. The number of rotatable bonds is 9. The summed E-state index contributed by atoms with van der Waals surface area (Å²) in [7, 11) is 3.90. The van der Waals surface area contributed by atoms with Gasteiger partial charge in [0, 0.05) is 24.3 Å². The maximum Gasteiger partial charge on any atom is 0.299 e. The van der Waals surface area contributed by atoms with E-state index in [0.29, 0.717) is 29.2 Å². The zero-order valence-electron chi connectivity index (χ0n) is 22.4. The molecule has 0 aliphatic carbocycles. The number of aromatic nitrogens is 2. The Morgan fingerprint density at radius 3 is 2.45 bits per heavy atom. The van der Waals surface area contributed by atoms with Crippen LogP contribution >= 0.6 is 0 Å². The predicted molar refractivity (Wildman–Crippen MR) is 151 cm³/mol. The number of carbonyl (C=O) groups is 1. The molecule has 0 aliphatic rings. The molecule has 0 fully saturated rings. The Bertz CT molecular complexity index is 1490. The van der Waals surface area contributed by atoms with E-state index >= 15 is 0 Å². The molecule has 1 aromatic heterocycles. The first-order valence-electron chi connectivity index (χ1n) is 12.5. The number of likely N-dealkylation sites (N-methyl/N-ethyl adjacent to an activating group) is 1. The van der Waals surface area contributed by atoms with Crippen LogP contribution in [0, 0.1) is 20.8 Å². The Kier molecular flexibility index (Phi) is 8.23. The summed E-state index contributed by atoms with van der Waals surface area (Å²) >= 11 is 0. The lowest BCUT2D eigenvalue weighted by molar-refractivity contribution is 0.0951. The van der Waals surface area contributed by atoms with Gasteiger partial charge in [-0.1, -0.05) is 29.8 Å². The van der Waals surface area contributed by atoms with Crippen molar-refractivity contribution < 1.29 is 9.53 Å². The van der Waals surface area contributed by atoms with Crippen LogP contribution in [0.1, 0.15) is 27.0 Å². The van der Waals surface area contributed by atoms with Gasteiger partial charge in [0.15, 0.2) is 11.4 Å². The number of aryl methyl sites for hydroxylation is 3. The van der Waals surface area contributed by atoms with Crippen molar-refractivity contribution in [2.24, 2.45) is 0 Å². The number of ether oxygens (including phenoxy) is 1. The summed E-state index contributed by atoms with van der Waals surface area (Å²) in [6, 6.07) is 20.3. The summed E-state index contributed by atoms with van der Waals surface area (Å²) < 4.78 is 7.47. The average molecular weight is 512 g/mol. The van der Waals surface area contributed by atoms with Crippen molar-refractivity contribution in [3.63, 3.8) is 0 Å². The Labute approximate surface area is 222 Å². The number of amides is 1. The molecular weight excluding hydrogens is 478 g/mol. The van der Waals surface area contributed by atoms with E-state index in [1.165, 1.54) is 10.9 Å². The molecule has 0 unspecified atom stereocenters. The van der Waals surface area contributed by atoms with Gasteiger partial charge in [-0.05, 0) is 88.5 Å². The lowest BCUT2D eigenvalue weighted by Gasteiger charge is -2.16. The van der Waals surface area contributed by atoms with Gasteiger partial charge in [-0.25, -0.2) is 0 Å². The second-order valence-corrected chi connectivity index (χ2v) is 9.55. The van der Waals surface area contributed by atoms with Crippen molar-refractivity contribution in [2.75, 3.05) is 32.5 Å². The summed E-state index contributed by atoms with van der Waals surface area (Å²) in [4.78, 5) is 28.4. The van der Waals surface area contributed by atoms with Gasteiger partial charge in [0.05, 0.1) is 11.9 Å². The van der Waals surface area contributed by atoms with Crippen molar-refractivity contribution in [3.05, 3.63) is 106 Å². The van der Waals surface area contributed by atoms with Crippen LogP contribution in [0.4, 0.5) is 11.4 Å². The van der Waals surface area contributed by atoms with Gasteiger partial charge in [0.1, 0.15) is 5.75 Å². The number of carbonyl (C=O) groups excluding carboxylic acids is 1. The molecule has 0 aliphatic heterocycles. The summed E-state index contributed by atoms with van der Waals surface area (Å²) in [5, 5.41) is 10.5. The van der Waals surface area contributed by atoms with Gasteiger partial charge in [-0.15, -0.1) is 0 Å². The number of nitrogens with zero attached hydrogens (tertiary/aromatic N) is 3. The molecule has 38 heavy (non-hydrogen) atoms. The van der Waals surface area contributed by atoms with E-state index in [2.05, 4.69) is 15.7 Å². The minimum atomic E-state index is -0.379. The first-order valence-corrected chi connectivity index (χ1v) is 12.5. The number of benzene rings is 3. The topological polar surface area (TPSA) is 88.5 Å². The van der Waals surface area contributed by atoms with Gasteiger partial charge in [-0.3, -0.25) is 9.59 Å². The first kappa shape index (κ1) is 26.6. The molecule has 0 saturated heterocycles. The molecule has 196 valence electrons. The normalized spacial score (nSPS) is 10.9. The molecule has 0 atom stereocenters. The van der Waals surface area contributed by atoms with E-state index in [1.807, 2.05) is 82.2 Å². The van der Waals surface area contributed by atoms with Crippen molar-refractivity contribution >= 4 is 17.3 Å². The third-order valence-electron chi connectivity index (χ3n) is 6.17. The monoisotopic (exact) mass is 511 g/mol. The largest absolute Gasteiger partial charge is 0.453 e. The van der Waals surface area contributed by atoms with Gasteiger partial charge < -0.3 is 20.3 Å². The zero-order valence-corrected chi connectivity index (χ0v) is 22.4. The minimum Gasteiger partial charge on any atom is -0.453 e. The van der Waals surface area contributed by atoms with Crippen LogP contribution in [0.15, 0.2) is 77.7 Å². The lowest BCUT2D eigenvalue weighted by atomic mass is 10.1. The molecule has 8 nitrogen and oxygen atoms in total. The summed E-state index contributed by atoms with van der Waals surface area (Å²) in [5.74, 6) is 0.691. The second kappa shape index (κ2) is 11.7. The summed E-state index contributed by atoms with van der Waals surface area (Å²) in [5.41, 5.74) is 4.83. The van der Waals surface area contributed by atoms with Crippen molar-refractivity contribution in [2.45, 2.75) is 20.8 Å². The van der Waals surface area contributed by atoms with E-state index < -0.39 is 0 Å². The molecule has 1 amide bonds. The van der Waals surface area contributed by atoms with Crippen LogP contribution in [-0.4, -0.2) is 47.8 Å². The molecule has 3 aromatic carbocycles. The van der Waals surface area contributed by atoms with Gasteiger partial charge >= 0.3 is 0 Å². The molecule has 4 rings (SSSR count). The zero-order chi connectivity index (χ0) is 27.2. The summed E-state index contributed by atoms with van der Waals surface area (Å²) in [6.07, 6.45) is 1.52. The van der Waals surface area contributed by atoms with Gasteiger partial charge in [0.2, 0.25) is 0 Å². The molecule has 4 aromatic rings. The predicted octanol–water partition coefficient (Wildman–Crippen LogP) is 4.99. The number of hydrogen-bond donors (Lipinski definition) is 2. The maximum absolute atomic E-state index is 13.7. The van der Waals surface area contributed by atoms with E-state index in [0.717, 1.165) is 23.2 Å². The fraction of sp³-hybridized carbons (Fsp3) is 0.233. The third kappa shape index (κ3) is 6.46. The lowest BCUT2D eigenvalue weighted by Crippen LogP contribution is -2.31. The molecule has 1 heterocycles. The second-order valence-electron chi connectivity index (χ2n) is 9.55. The Morgan fingerprint density at radius 1 is 0.974 bits per heavy atom. The molecule has 2 N–H and O–H groups in total. The summed E-state index contributed by atoms with van der Waals surface area (Å²) in [6.45, 7) is 7.28. The van der Waals surface area contributed by atoms with Gasteiger partial charge in [-0.2, -0.15) is 9.78 Å². The van der Waals surface area contributed by atoms with Crippen LogP contribution in [-0.2, 0) is 0 Å². The molecule has 0 radical (unpaired) electrons. The van der Waals surface area contributed by atoms with Crippen LogP contribution in [0.2, 0.25) is 0 Å². The smallest absolute Gasteiger partial charge is 0.299 e. The number of anilines is 2. The fourth-order valence-electron chi connectivity index (χ4n) is 3.78. The van der Waals surface area contributed by atoms with Crippen molar-refractivity contribution in [1.29, 1.82) is 0 Å². The Balaban J connectivity index is 1.70. The van der Waals surface area contributed by atoms with E-state index in [1.54, 1.807) is 24.3 Å². The molecule has 0 bridgehead atoms. The van der Waals surface area contributed by atoms with Gasteiger partial charge in [0.25, 0.3) is 11.5 Å². The van der Waals surface area contributed by atoms with Crippen LogP contribution < -0.4 is 20.9 Å². The minimum absolute atomic E-state index is 0.186. The van der Waals surface area contributed by atoms with Crippen molar-refractivity contribution in [3.8, 4) is 17.2 Å². The molecule has 8 heteroatoms. The van der Waals surface area contributed by atoms with Crippen LogP contribution in [0.3, 0.4) is 0 Å². The molecule has 0 saturated carbocycles. The van der Waals surface area contributed by atoms with Crippen LogP contribution in [0.5, 0.6) is 11.5 Å². The van der Waals surface area contributed by atoms with Crippen LogP contribution in [0.25, 0.3) is 5.69 Å². The molecule has 0 spiro atoms. The van der Waals surface area contributed by atoms with Crippen molar-refractivity contribution in [1.82, 2.24) is 20.0 Å². The van der Waals surface area contributed by atoms with E-state index in [9.17, 15) is 9.59 Å². The first-order chi connectivity index (χ1) is 18.2. The Morgan fingerprint density at radius 2 is 1.74 bits per heavy atom.